The topological polar surface area (TPSA) is 93.8 Å². The number of anilines is 2. The number of hydrogen-bond donors (Lipinski definition) is 3. The third-order valence-corrected chi connectivity index (χ3v) is 3.33. The van der Waals surface area contributed by atoms with Crippen LogP contribution in [0.4, 0.5) is 11.4 Å². The molecular weight excluding hydrogens is 320 g/mol. The molecule has 0 aliphatic heterocycles. The summed E-state index contributed by atoms with van der Waals surface area (Å²) in [5.74, 6) is 0.243. The molecule has 2 rings (SSSR count). The van der Waals surface area contributed by atoms with Crippen LogP contribution in [0.3, 0.4) is 0 Å². The highest BCUT2D eigenvalue weighted by Gasteiger charge is 2.13. The van der Waals surface area contributed by atoms with E-state index in [1.54, 1.807) is 33.4 Å². The Bertz CT molecular complexity index is 690. The molecular formula is C19H24N2O4. The molecule has 2 aromatic carbocycles. The minimum absolute atomic E-state index is 0.120. The highest BCUT2D eigenvalue weighted by Crippen LogP contribution is 2.37. The molecule has 6 heteroatoms. The first kappa shape index (κ1) is 19.9. The molecule has 25 heavy (non-hydrogen) atoms. The summed E-state index contributed by atoms with van der Waals surface area (Å²) in [4.78, 5) is 10.7. The number of nitrogen functional groups attached to an aromatic ring is 1. The number of nitrogens with one attached hydrogen (secondary N) is 1. The van der Waals surface area contributed by atoms with Crippen LogP contribution in [0.5, 0.6) is 11.5 Å². The maximum absolute atomic E-state index is 10.7. The Morgan fingerprint density at radius 3 is 2.00 bits per heavy atom. The van der Waals surface area contributed by atoms with Gasteiger partial charge < -0.3 is 25.6 Å². The Labute approximate surface area is 147 Å². The molecule has 4 N–H and O–H groups in total. The maximum atomic E-state index is 10.7. The number of benzene rings is 2. The van der Waals surface area contributed by atoms with Gasteiger partial charge in [-0.05, 0) is 35.4 Å². The average Bonchev–Trinajstić information content (AvgIpc) is 2.60. The molecule has 0 saturated carbocycles. The normalized spacial score (nSPS) is 9.40. The van der Waals surface area contributed by atoms with Crippen LogP contribution < -0.4 is 20.5 Å². The predicted molar refractivity (Wildman–Crippen MR) is 101 cm³/mol. The Balaban J connectivity index is 0.000000370. The fraction of sp³-hybridized carbons (Fsp3) is 0.211. The first-order valence-electron chi connectivity index (χ1n) is 7.57. The Morgan fingerprint density at radius 1 is 1.16 bits per heavy atom. The molecule has 0 amide bonds. The summed E-state index contributed by atoms with van der Waals surface area (Å²) in [7, 11) is 4.84. The molecule has 134 valence electrons. The third kappa shape index (κ3) is 6.10. The van der Waals surface area contributed by atoms with Crippen molar-refractivity contribution < 1.29 is 19.4 Å². The molecule has 2 aromatic rings. The Morgan fingerprint density at radius 2 is 1.68 bits per heavy atom. The highest BCUT2D eigenvalue weighted by molar-refractivity contribution is 5.85. The van der Waals surface area contributed by atoms with E-state index in [2.05, 4.69) is 11.9 Å². The van der Waals surface area contributed by atoms with Crippen LogP contribution in [-0.4, -0.2) is 32.3 Å². The minimum Gasteiger partial charge on any atom is -0.494 e. The molecule has 0 bridgehead atoms. The number of carboxylic acid groups (broad SMARTS) is 1. The van der Waals surface area contributed by atoms with Crippen LogP contribution >= 0.6 is 0 Å². The number of nitrogens with two attached hydrogens (primary N) is 1. The SMILES string of the molecule is C=C(CC(=O)O)c1cc(OC)c(NC)c(OC)c1.Nc1ccccc1. The summed E-state index contributed by atoms with van der Waals surface area (Å²) in [6.07, 6.45) is -0.120. The standard InChI is InChI=1S/C13H17NO4.C6H7N/c1-8(5-12(15)16)9-6-10(17-3)13(14-2)11(7-9)18-4;7-6-4-2-1-3-5-6/h6-7,14H,1,5H2,2-4H3,(H,15,16);1-5H,7H2. The number of methoxy groups -OCH3 is 2. The van der Waals surface area contributed by atoms with Gasteiger partial charge in [-0.1, -0.05) is 24.8 Å². The molecule has 0 atom stereocenters. The van der Waals surface area contributed by atoms with Crippen LogP contribution in [0.25, 0.3) is 5.57 Å². The van der Waals surface area contributed by atoms with Crippen molar-refractivity contribution in [1.82, 2.24) is 0 Å². The zero-order chi connectivity index (χ0) is 18.8. The van der Waals surface area contributed by atoms with Crippen LogP contribution in [0, 0.1) is 0 Å². The molecule has 0 radical (unpaired) electrons. The maximum Gasteiger partial charge on any atom is 0.307 e. The summed E-state index contributed by atoms with van der Waals surface area (Å²) >= 11 is 0. The van der Waals surface area contributed by atoms with Gasteiger partial charge >= 0.3 is 5.97 Å². The number of aliphatic carboxylic acids is 1. The van der Waals surface area contributed by atoms with Gasteiger partial charge in [0.05, 0.1) is 20.6 Å². The zero-order valence-corrected chi connectivity index (χ0v) is 14.7. The second kappa shape index (κ2) is 9.87. The number of ether oxygens (including phenoxy) is 2. The van der Waals surface area contributed by atoms with Gasteiger partial charge in [0.15, 0.2) is 0 Å². The highest BCUT2D eigenvalue weighted by atomic mass is 16.5. The summed E-state index contributed by atoms with van der Waals surface area (Å²) in [6.45, 7) is 3.76. The Kier molecular flexibility index (Phi) is 7.86. The second-order valence-electron chi connectivity index (χ2n) is 5.09. The summed E-state index contributed by atoms with van der Waals surface area (Å²) in [5.41, 5.74) is 8.08. The monoisotopic (exact) mass is 344 g/mol. The fourth-order valence-corrected chi connectivity index (χ4v) is 2.10. The van der Waals surface area contributed by atoms with Gasteiger partial charge in [0.1, 0.15) is 17.2 Å². The molecule has 6 nitrogen and oxygen atoms in total. The van der Waals surface area contributed by atoms with Crippen LogP contribution in [0.15, 0.2) is 49.0 Å². The lowest BCUT2D eigenvalue weighted by Crippen LogP contribution is -2.01. The summed E-state index contributed by atoms with van der Waals surface area (Å²) < 4.78 is 10.5. The number of carbonyl (C=O) groups is 1. The van der Waals surface area contributed by atoms with Crippen molar-refractivity contribution in [3.8, 4) is 11.5 Å². The Hall–Kier alpha value is -3.15. The quantitative estimate of drug-likeness (QED) is 0.694. The average molecular weight is 344 g/mol. The fourth-order valence-electron chi connectivity index (χ4n) is 2.10. The van der Waals surface area contributed by atoms with E-state index in [-0.39, 0.29) is 6.42 Å². The van der Waals surface area contributed by atoms with Gasteiger partial charge in [-0.3, -0.25) is 4.79 Å². The molecule has 0 heterocycles. The molecule has 0 spiro atoms. The van der Waals surface area contributed by atoms with Crippen molar-refractivity contribution >= 4 is 22.9 Å². The smallest absolute Gasteiger partial charge is 0.307 e. The van der Waals surface area contributed by atoms with E-state index in [0.717, 1.165) is 5.69 Å². The number of para-hydroxylation sites is 1. The predicted octanol–water partition coefficient (Wildman–Crippen LogP) is 3.50. The number of rotatable bonds is 6. The lowest BCUT2D eigenvalue weighted by molar-refractivity contribution is -0.135. The van der Waals surface area contributed by atoms with E-state index in [4.69, 9.17) is 20.3 Å². The second-order valence-corrected chi connectivity index (χ2v) is 5.09. The molecule has 0 fully saturated rings. The lowest BCUT2D eigenvalue weighted by Gasteiger charge is -2.15. The molecule has 0 aliphatic carbocycles. The molecule has 0 saturated heterocycles. The van der Waals surface area contributed by atoms with E-state index in [1.165, 1.54) is 0 Å². The summed E-state index contributed by atoms with van der Waals surface area (Å²) in [5, 5.41) is 11.7. The largest absolute Gasteiger partial charge is 0.494 e. The lowest BCUT2D eigenvalue weighted by atomic mass is 10.0. The number of hydrogen-bond acceptors (Lipinski definition) is 5. The minimum atomic E-state index is -0.921. The third-order valence-electron chi connectivity index (χ3n) is 3.33. The van der Waals surface area contributed by atoms with Crippen LogP contribution in [0.1, 0.15) is 12.0 Å². The van der Waals surface area contributed by atoms with Crippen LogP contribution in [0.2, 0.25) is 0 Å². The van der Waals surface area contributed by atoms with Gasteiger partial charge in [-0.15, -0.1) is 0 Å². The van der Waals surface area contributed by atoms with Gasteiger partial charge in [-0.25, -0.2) is 0 Å². The summed E-state index contributed by atoms with van der Waals surface area (Å²) in [6, 6.07) is 13.0. The van der Waals surface area contributed by atoms with Crippen molar-refractivity contribution in [2.75, 3.05) is 32.3 Å². The van der Waals surface area contributed by atoms with Crippen molar-refractivity contribution in [1.29, 1.82) is 0 Å². The van der Waals surface area contributed by atoms with E-state index < -0.39 is 5.97 Å². The molecule has 0 aromatic heterocycles. The van der Waals surface area contributed by atoms with Crippen LogP contribution in [-0.2, 0) is 4.79 Å². The van der Waals surface area contributed by atoms with E-state index in [0.29, 0.717) is 28.3 Å². The van der Waals surface area contributed by atoms with Crippen molar-refractivity contribution in [2.45, 2.75) is 6.42 Å². The van der Waals surface area contributed by atoms with E-state index in [9.17, 15) is 4.79 Å². The zero-order valence-electron chi connectivity index (χ0n) is 14.7. The van der Waals surface area contributed by atoms with E-state index >= 15 is 0 Å². The van der Waals surface area contributed by atoms with Crippen molar-refractivity contribution in [3.63, 3.8) is 0 Å². The van der Waals surface area contributed by atoms with E-state index in [1.807, 2.05) is 30.3 Å². The first-order valence-corrected chi connectivity index (χ1v) is 7.57. The van der Waals surface area contributed by atoms with Gasteiger partial charge in [0.25, 0.3) is 0 Å². The molecule has 0 unspecified atom stereocenters. The van der Waals surface area contributed by atoms with Gasteiger partial charge in [0, 0.05) is 12.7 Å². The van der Waals surface area contributed by atoms with Crippen molar-refractivity contribution in [2.24, 2.45) is 0 Å². The van der Waals surface area contributed by atoms with Gasteiger partial charge in [-0.2, -0.15) is 0 Å². The first-order chi connectivity index (χ1) is 11.9. The van der Waals surface area contributed by atoms with Gasteiger partial charge in [0.2, 0.25) is 0 Å². The number of carboxylic acids is 1. The molecule has 0 aliphatic rings. The van der Waals surface area contributed by atoms with Crippen molar-refractivity contribution in [3.05, 3.63) is 54.6 Å².